The van der Waals surface area contributed by atoms with Crippen molar-refractivity contribution in [1.29, 1.82) is 0 Å². The first kappa shape index (κ1) is 12.9. The SMILES string of the molecule is Cc1ccc(-c2c(N)n[nH]c2-c2cscc2C)cc1C. The third-order valence-corrected chi connectivity index (χ3v) is 4.58. The van der Waals surface area contributed by atoms with Crippen LogP contribution in [0.1, 0.15) is 16.7 Å². The second kappa shape index (κ2) is 4.80. The monoisotopic (exact) mass is 283 g/mol. The van der Waals surface area contributed by atoms with Crippen molar-refractivity contribution >= 4 is 17.2 Å². The highest BCUT2D eigenvalue weighted by Crippen LogP contribution is 2.37. The van der Waals surface area contributed by atoms with Crippen LogP contribution in [-0.4, -0.2) is 10.2 Å². The summed E-state index contributed by atoms with van der Waals surface area (Å²) in [7, 11) is 0. The summed E-state index contributed by atoms with van der Waals surface area (Å²) in [6.07, 6.45) is 0. The predicted octanol–water partition coefficient (Wildman–Crippen LogP) is 4.31. The summed E-state index contributed by atoms with van der Waals surface area (Å²) in [5.74, 6) is 0.550. The number of hydrogen-bond donors (Lipinski definition) is 2. The molecule has 0 aliphatic heterocycles. The van der Waals surface area contributed by atoms with Gasteiger partial charge in [-0.2, -0.15) is 16.4 Å². The van der Waals surface area contributed by atoms with Crippen LogP contribution in [0.5, 0.6) is 0 Å². The third kappa shape index (κ3) is 2.02. The minimum atomic E-state index is 0.550. The lowest BCUT2D eigenvalue weighted by atomic mass is 9.97. The van der Waals surface area contributed by atoms with Crippen molar-refractivity contribution in [1.82, 2.24) is 10.2 Å². The van der Waals surface area contributed by atoms with Crippen molar-refractivity contribution in [2.45, 2.75) is 20.8 Å². The van der Waals surface area contributed by atoms with Crippen LogP contribution >= 0.6 is 11.3 Å². The molecule has 2 aromatic heterocycles. The predicted molar refractivity (Wildman–Crippen MR) is 86.0 cm³/mol. The van der Waals surface area contributed by atoms with Gasteiger partial charge in [0.1, 0.15) is 0 Å². The van der Waals surface area contributed by atoms with Crippen LogP contribution in [0, 0.1) is 20.8 Å². The first-order valence-corrected chi connectivity index (χ1v) is 7.47. The van der Waals surface area contributed by atoms with Gasteiger partial charge in [0.15, 0.2) is 5.82 Å². The van der Waals surface area contributed by atoms with Crippen LogP contribution in [0.4, 0.5) is 5.82 Å². The Labute approximate surface area is 122 Å². The summed E-state index contributed by atoms with van der Waals surface area (Å²) in [6, 6.07) is 6.40. The molecule has 0 radical (unpaired) electrons. The summed E-state index contributed by atoms with van der Waals surface area (Å²) < 4.78 is 0. The fraction of sp³-hybridized carbons (Fsp3) is 0.188. The first-order valence-electron chi connectivity index (χ1n) is 6.52. The van der Waals surface area contributed by atoms with Crippen molar-refractivity contribution in [3.8, 4) is 22.4 Å². The van der Waals surface area contributed by atoms with Crippen molar-refractivity contribution in [2.24, 2.45) is 0 Å². The van der Waals surface area contributed by atoms with Crippen molar-refractivity contribution in [3.05, 3.63) is 45.6 Å². The molecular weight excluding hydrogens is 266 g/mol. The number of anilines is 1. The Kier molecular flexibility index (Phi) is 3.10. The van der Waals surface area contributed by atoms with E-state index < -0.39 is 0 Å². The highest BCUT2D eigenvalue weighted by Gasteiger charge is 2.17. The largest absolute Gasteiger partial charge is 0.382 e. The first-order chi connectivity index (χ1) is 9.58. The Morgan fingerprint density at radius 2 is 1.85 bits per heavy atom. The molecule has 3 aromatic rings. The summed E-state index contributed by atoms with van der Waals surface area (Å²) >= 11 is 1.69. The van der Waals surface area contributed by atoms with Gasteiger partial charge in [-0.15, -0.1) is 0 Å². The highest BCUT2D eigenvalue weighted by atomic mass is 32.1. The van der Waals surface area contributed by atoms with E-state index in [0.29, 0.717) is 5.82 Å². The average molecular weight is 283 g/mol. The Morgan fingerprint density at radius 3 is 2.50 bits per heavy atom. The molecule has 0 spiro atoms. The standard InChI is InChI=1S/C16H17N3S/c1-9-4-5-12(6-10(9)2)14-15(18-19-16(14)17)13-8-20-7-11(13)3/h4-8H,1-3H3,(H3,17,18,19). The maximum absolute atomic E-state index is 6.08. The molecular formula is C16H17N3S. The Bertz CT molecular complexity index is 768. The van der Waals surface area contributed by atoms with Crippen LogP contribution < -0.4 is 5.73 Å². The van der Waals surface area contributed by atoms with E-state index in [1.165, 1.54) is 22.3 Å². The highest BCUT2D eigenvalue weighted by molar-refractivity contribution is 7.08. The van der Waals surface area contributed by atoms with Crippen LogP contribution in [0.3, 0.4) is 0 Å². The summed E-state index contributed by atoms with van der Waals surface area (Å²) in [5, 5.41) is 11.5. The lowest BCUT2D eigenvalue weighted by Crippen LogP contribution is -1.90. The Balaban J connectivity index is 2.21. The van der Waals surface area contributed by atoms with Gasteiger partial charge in [-0.3, -0.25) is 5.10 Å². The van der Waals surface area contributed by atoms with E-state index in [9.17, 15) is 0 Å². The molecule has 20 heavy (non-hydrogen) atoms. The minimum absolute atomic E-state index is 0.550. The number of aromatic amines is 1. The number of nitrogens with two attached hydrogens (primary N) is 1. The second-order valence-corrected chi connectivity index (χ2v) is 5.87. The number of thiophene rings is 1. The molecule has 1 aromatic carbocycles. The van der Waals surface area contributed by atoms with E-state index in [4.69, 9.17) is 5.73 Å². The molecule has 102 valence electrons. The molecule has 0 aliphatic rings. The van der Waals surface area contributed by atoms with E-state index in [0.717, 1.165) is 16.8 Å². The topological polar surface area (TPSA) is 54.7 Å². The van der Waals surface area contributed by atoms with Crippen LogP contribution in [0.15, 0.2) is 29.0 Å². The van der Waals surface area contributed by atoms with Gasteiger partial charge in [0.2, 0.25) is 0 Å². The quantitative estimate of drug-likeness (QED) is 0.736. The van der Waals surface area contributed by atoms with Gasteiger partial charge in [-0.05, 0) is 48.4 Å². The van der Waals surface area contributed by atoms with Crippen molar-refractivity contribution < 1.29 is 0 Å². The average Bonchev–Trinajstić information content (AvgIpc) is 2.99. The number of nitrogen functional groups attached to an aromatic ring is 1. The van der Waals surface area contributed by atoms with Gasteiger partial charge >= 0.3 is 0 Å². The maximum Gasteiger partial charge on any atom is 0.153 e. The van der Waals surface area contributed by atoms with E-state index >= 15 is 0 Å². The smallest absolute Gasteiger partial charge is 0.153 e. The zero-order valence-electron chi connectivity index (χ0n) is 11.8. The van der Waals surface area contributed by atoms with Gasteiger partial charge in [0.25, 0.3) is 0 Å². The van der Waals surface area contributed by atoms with E-state index in [1.807, 2.05) is 0 Å². The molecule has 3 N–H and O–H groups in total. The molecule has 3 nitrogen and oxygen atoms in total. The molecule has 2 heterocycles. The molecule has 0 fully saturated rings. The molecule has 0 aliphatic carbocycles. The third-order valence-electron chi connectivity index (χ3n) is 3.71. The van der Waals surface area contributed by atoms with Crippen LogP contribution in [0.2, 0.25) is 0 Å². The Morgan fingerprint density at radius 1 is 1.05 bits per heavy atom. The molecule has 0 saturated carbocycles. The fourth-order valence-electron chi connectivity index (χ4n) is 2.36. The number of nitrogens with one attached hydrogen (secondary N) is 1. The maximum atomic E-state index is 6.08. The van der Waals surface area contributed by atoms with Gasteiger partial charge in [0.05, 0.1) is 11.3 Å². The molecule has 0 saturated heterocycles. The fourth-order valence-corrected chi connectivity index (χ4v) is 3.20. The molecule has 3 rings (SSSR count). The Hall–Kier alpha value is -2.07. The van der Waals surface area contributed by atoms with Gasteiger partial charge in [-0.25, -0.2) is 0 Å². The van der Waals surface area contributed by atoms with Crippen molar-refractivity contribution in [3.63, 3.8) is 0 Å². The normalized spacial score (nSPS) is 10.9. The zero-order valence-corrected chi connectivity index (χ0v) is 12.6. The summed E-state index contributed by atoms with van der Waals surface area (Å²) in [4.78, 5) is 0. The van der Waals surface area contributed by atoms with E-state index in [1.54, 1.807) is 11.3 Å². The molecule has 0 bridgehead atoms. The molecule has 0 unspecified atom stereocenters. The summed E-state index contributed by atoms with van der Waals surface area (Å²) in [6.45, 7) is 6.33. The van der Waals surface area contributed by atoms with Crippen molar-refractivity contribution in [2.75, 3.05) is 5.73 Å². The number of hydrogen-bond acceptors (Lipinski definition) is 3. The number of aryl methyl sites for hydroxylation is 3. The minimum Gasteiger partial charge on any atom is -0.382 e. The zero-order chi connectivity index (χ0) is 14.3. The number of benzene rings is 1. The number of aromatic nitrogens is 2. The van der Waals surface area contributed by atoms with Gasteiger partial charge in [0, 0.05) is 10.9 Å². The molecule has 0 atom stereocenters. The summed E-state index contributed by atoms with van der Waals surface area (Å²) in [5.41, 5.74) is 14.1. The number of nitrogens with zero attached hydrogens (tertiary/aromatic N) is 1. The number of rotatable bonds is 2. The van der Waals surface area contributed by atoms with E-state index in [2.05, 4.69) is 59.9 Å². The van der Waals surface area contributed by atoms with E-state index in [-0.39, 0.29) is 0 Å². The second-order valence-electron chi connectivity index (χ2n) is 5.13. The lowest BCUT2D eigenvalue weighted by Gasteiger charge is -2.07. The lowest BCUT2D eigenvalue weighted by molar-refractivity contribution is 1.10. The molecule has 4 heteroatoms. The van der Waals surface area contributed by atoms with Crippen LogP contribution in [-0.2, 0) is 0 Å². The molecule has 0 amide bonds. The van der Waals surface area contributed by atoms with Gasteiger partial charge < -0.3 is 5.73 Å². The number of H-pyrrole nitrogens is 1. The van der Waals surface area contributed by atoms with Crippen LogP contribution in [0.25, 0.3) is 22.4 Å². The van der Waals surface area contributed by atoms with Gasteiger partial charge in [-0.1, -0.05) is 18.2 Å².